The van der Waals surface area contributed by atoms with Gasteiger partial charge in [-0.1, -0.05) is 15.5 Å². The van der Waals surface area contributed by atoms with Crippen LogP contribution in [0.25, 0.3) is 0 Å². The number of hydrogen-bond acceptors (Lipinski definition) is 1. The zero-order chi connectivity index (χ0) is 9.78. The second-order valence-corrected chi connectivity index (χ2v) is 6.98. The highest BCUT2D eigenvalue weighted by molar-refractivity contribution is 7.44. The lowest BCUT2D eigenvalue weighted by Crippen LogP contribution is -2.24. The van der Waals surface area contributed by atoms with Gasteiger partial charge >= 0.3 is 0 Å². The van der Waals surface area contributed by atoms with Gasteiger partial charge in [0.05, 0.1) is 11.4 Å². The third-order valence-corrected chi connectivity index (χ3v) is 3.08. The van der Waals surface area contributed by atoms with Gasteiger partial charge in [-0.2, -0.15) is 0 Å². The zero-order valence-corrected chi connectivity index (χ0v) is 10.5. The van der Waals surface area contributed by atoms with Gasteiger partial charge in [0, 0.05) is 0 Å². The van der Waals surface area contributed by atoms with Gasteiger partial charge in [0.25, 0.3) is 0 Å². The molecule has 1 nitrogen and oxygen atoms in total. The van der Waals surface area contributed by atoms with Gasteiger partial charge in [0.2, 0.25) is 0 Å². The molecule has 2 atom stereocenters. The first-order chi connectivity index (χ1) is 5.35. The molecule has 0 aliphatic heterocycles. The molecule has 0 aromatic carbocycles. The predicted molar refractivity (Wildman–Crippen MR) is 58.7 cm³/mol. The minimum Gasteiger partial charge on any atom is -0.368 e. The van der Waals surface area contributed by atoms with Crippen molar-refractivity contribution in [2.45, 2.75) is 50.1 Å². The molecule has 0 aliphatic rings. The summed E-state index contributed by atoms with van der Waals surface area (Å²) in [5, 5.41) is 0. The number of hydrogen-bond donors (Lipinski definition) is 0. The highest BCUT2D eigenvalue weighted by Gasteiger charge is 2.18. The van der Waals surface area contributed by atoms with Gasteiger partial charge in [-0.05, 0) is 27.2 Å². The van der Waals surface area contributed by atoms with Crippen LogP contribution in [0.15, 0.2) is 0 Å². The van der Waals surface area contributed by atoms with Crippen LogP contribution in [-0.2, 0) is 4.74 Å². The van der Waals surface area contributed by atoms with Crippen molar-refractivity contribution in [2.75, 3.05) is 0 Å². The molecule has 74 valence electrons. The van der Waals surface area contributed by atoms with E-state index in [9.17, 15) is 0 Å². The van der Waals surface area contributed by atoms with Crippen LogP contribution in [0.4, 0.5) is 0 Å². The van der Waals surface area contributed by atoms with Crippen LogP contribution in [0, 0.1) is 0 Å². The van der Waals surface area contributed by atoms with Gasteiger partial charge < -0.3 is 4.74 Å². The van der Waals surface area contributed by atoms with E-state index < -0.39 is 0 Å². The van der Waals surface area contributed by atoms with Crippen molar-refractivity contribution in [3.05, 3.63) is 0 Å². The Morgan fingerprint density at radius 2 is 1.83 bits per heavy atom. The molecule has 0 spiro atoms. The lowest BCUT2D eigenvalue weighted by Gasteiger charge is -2.27. The van der Waals surface area contributed by atoms with Gasteiger partial charge in [-0.15, -0.1) is 23.2 Å². The number of ether oxygens (including phenoxy) is 1. The fraction of sp³-hybridized carbons (Fsp3) is 1.00. The first-order valence-corrected chi connectivity index (χ1v) is 6.10. The van der Waals surface area contributed by atoms with Crippen molar-refractivity contribution < 1.29 is 4.74 Å². The molecule has 0 N–H and O–H groups in total. The quantitative estimate of drug-likeness (QED) is 0.525. The maximum atomic E-state index is 5.74. The molecule has 0 amide bonds. The average molecular weight is 231 g/mol. The summed E-state index contributed by atoms with van der Waals surface area (Å²) in [4.78, 5) is 0. The highest BCUT2D eigenvalue weighted by atomic mass is 35.5. The summed E-state index contributed by atoms with van der Waals surface area (Å²) in [5.41, 5.74) is -0.101. The monoisotopic (exact) mass is 230 g/mol. The van der Waals surface area contributed by atoms with Crippen molar-refractivity contribution in [3.8, 4) is 0 Å². The van der Waals surface area contributed by atoms with E-state index in [0.29, 0.717) is 8.58 Å². The highest BCUT2D eigenvalue weighted by Crippen LogP contribution is 2.35. The molecular formula is C8H17Cl2OP. The SMILES string of the molecule is CCC(OC(C)(C)C)PC(Cl)Cl. The minimum absolute atomic E-state index is 0.101. The van der Waals surface area contributed by atoms with Crippen molar-refractivity contribution in [3.63, 3.8) is 0 Å². The van der Waals surface area contributed by atoms with E-state index in [2.05, 4.69) is 6.92 Å². The molecule has 0 fully saturated rings. The average Bonchev–Trinajstić information content (AvgIpc) is 1.82. The van der Waals surface area contributed by atoms with Crippen LogP contribution in [0.3, 0.4) is 0 Å². The van der Waals surface area contributed by atoms with E-state index in [0.717, 1.165) is 6.42 Å². The van der Waals surface area contributed by atoms with E-state index >= 15 is 0 Å². The molecule has 0 heterocycles. The van der Waals surface area contributed by atoms with Crippen molar-refractivity contribution in [1.29, 1.82) is 0 Å². The van der Waals surface area contributed by atoms with E-state index in [-0.39, 0.29) is 16.0 Å². The minimum atomic E-state index is -0.294. The van der Waals surface area contributed by atoms with E-state index in [1.807, 2.05) is 20.8 Å². The standard InChI is InChI=1S/C8H17Cl2OP/c1-5-6(12-7(9)10)11-8(2,3)4/h6-7,12H,5H2,1-4H3. The number of alkyl halides is 2. The Morgan fingerprint density at radius 1 is 1.33 bits per heavy atom. The van der Waals surface area contributed by atoms with Gasteiger partial charge in [-0.25, -0.2) is 0 Å². The normalized spacial score (nSPS) is 16.2. The van der Waals surface area contributed by atoms with Crippen LogP contribution in [0.5, 0.6) is 0 Å². The fourth-order valence-corrected chi connectivity index (χ4v) is 2.58. The van der Waals surface area contributed by atoms with Gasteiger partial charge in [0.15, 0.2) is 0 Å². The third-order valence-electron chi connectivity index (χ3n) is 1.18. The topological polar surface area (TPSA) is 9.23 Å². The van der Waals surface area contributed by atoms with E-state index in [4.69, 9.17) is 27.9 Å². The molecule has 0 aromatic heterocycles. The summed E-state index contributed by atoms with van der Waals surface area (Å²) in [6.45, 7) is 8.20. The van der Waals surface area contributed by atoms with Crippen LogP contribution in [0.2, 0.25) is 0 Å². The maximum absolute atomic E-state index is 5.74. The molecule has 12 heavy (non-hydrogen) atoms. The van der Waals surface area contributed by atoms with Crippen LogP contribution in [0.1, 0.15) is 34.1 Å². The van der Waals surface area contributed by atoms with E-state index in [1.54, 1.807) is 0 Å². The molecule has 0 bridgehead atoms. The molecule has 2 unspecified atom stereocenters. The summed E-state index contributed by atoms with van der Waals surface area (Å²) in [6.07, 6.45) is 0.964. The lowest BCUT2D eigenvalue weighted by atomic mass is 10.2. The Hall–Kier alpha value is 0.970. The molecule has 0 radical (unpaired) electrons. The summed E-state index contributed by atoms with van der Waals surface area (Å²) >= 11 is 11.4. The Balaban J connectivity index is 3.83. The second-order valence-electron chi connectivity index (χ2n) is 3.59. The zero-order valence-electron chi connectivity index (χ0n) is 8.03. The summed E-state index contributed by atoms with van der Waals surface area (Å²) in [5.74, 6) is 0.199. The van der Waals surface area contributed by atoms with E-state index in [1.165, 1.54) is 0 Å². The predicted octanol–water partition coefficient (Wildman–Crippen LogP) is 3.98. The van der Waals surface area contributed by atoms with Crippen LogP contribution < -0.4 is 0 Å². The maximum Gasteiger partial charge on any atom is 0.126 e. The fourth-order valence-electron chi connectivity index (χ4n) is 0.803. The molecule has 4 heteroatoms. The van der Waals surface area contributed by atoms with Gasteiger partial charge in [0.1, 0.15) is 4.58 Å². The Labute approximate surface area is 86.9 Å². The van der Waals surface area contributed by atoms with Crippen molar-refractivity contribution in [1.82, 2.24) is 0 Å². The number of halogens is 2. The summed E-state index contributed by atoms with van der Waals surface area (Å²) < 4.78 is 5.45. The first-order valence-electron chi connectivity index (χ1n) is 4.07. The van der Waals surface area contributed by atoms with Crippen molar-refractivity contribution >= 4 is 31.8 Å². The summed E-state index contributed by atoms with van der Waals surface area (Å²) in [6, 6.07) is 0. The molecule has 0 saturated carbocycles. The van der Waals surface area contributed by atoms with Crippen molar-refractivity contribution in [2.24, 2.45) is 0 Å². The smallest absolute Gasteiger partial charge is 0.126 e. The molecule has 0 aliphatic carbocycles. The number of rotatable bonds is 4. The Morgan fingerprint density at radius 3 is 2.08 bits per heavy atom. The lowest BCUT2D eigenvalue weighted by molar-refractivity contribution is -0.0216. The Kier molecular flexibility index (Phi) is 6.10. The molecule has 0 aromatic rings. The third kappa shape index (κ3) is 7.61. The molecule has 0 rings (SSSR count). The second kappa shape index (κ2) is 5.65. The molecular weight excluding hydrogens is 214 g/mol. The van der Waals surface area contributed by atoms with Gasteiger partial charge in [-0.3, -0.25) is 0 Å². The van der Waals surface area contributed by atoms with Crippen LogP contribution >= 0.6 is 31.8 Å². The largest absolute Gasteiger partial charge is 0.368 e. The Bertz CT molecular complexity index is 123. The molecule has 0 saturated heterocycles. The summed E-state index contributed by atoms with van der Waals surface area (Å²) in [7, 11) is 0.462. The first kappa shape index (κ1) is 13.0. The van der Waals surface area contributed by atoms with Crippen LogP contribution in [-0.4, -0.2) is 16.0 Å².